The van der Waals surface area contributed by atoms with Crippen LogP contribution in [-0.2, 0) is 4.79 Å². The minimum atomic E-state index is -0.285. The largest absolute Gasteiger partial charge is 0.494 e. The van der Waals surface area contributed by atoms with Crippen molar-refractivity contribution in [1.82, 2.24) is 0 Å². The van der Waals surface area contributed by atoms with Gasteiger partial charge >= 0.3 is 0 Å². The van der Waals surface area contributed by atoms with Crippen LogP contribution in [0.4, 0.5) is 0 Å². The number of fused-ring (bicyclic) bond motifs is 1. The summed E-state index contributed by atoms with van der Waals surface area (Å²) in [7, 11) is 0. The summed E-state index contributed by atoms with van der Waals surface area (Å²) in [6, 6.07) is 14.1. The van der Waals surface area contributed by atoms with Gasteiger partial charge in [-0.1, -0.05) is 30.3 Å². The number of nitrogens with two attached hydrogens (primary N) is 1. The van der Waals surface area contributed by atoms with Crippen molar-refractivity contribution in [2.45, 2.75) is 12.8 Å². The van der Waals surface area contributed by atoms with Gasteiger partial charge in [0.2, 0.25) is 5.91 Å². The van der Waals surface area contributed by atoms with Crippen molar-refractivity contribution in [1.29, 1.82) is 0 Å². The Hall–Kier alpha value is -2.03. The molecule has 0 heterocycles. The van der Waals surface area contributed by atoms with E-state index in [-0.39, 0.29) is 5.91 Å². The van der Waals surface area contributed by atoms with E-state index in [0.29, 0.717) is 19.4 Å². The maximum atomic E-state index is 10.6. The second-order valence-electron chi connectivity index (χ2n) is 3.93. The van der Waals surface area contributed by atoms with Crippen LogP contribution < -0.4 is 10.5 Å². The van der Waals surface area contributed by atoms with E-state index < -0.39 is 0 Å². The van der Waals surface area contributed by atoms with E-state index in [2.05, 4.69) is 6.07 Å². The van der Waals surface area contributed by atoms with Crippen molar-refractivity contribution < 1.29 is 9.53 Å². The minimum Gasteiger partial charge on any atom is -0.494 e. The van der Waals surface area contributed by atoms with Gasteiger partial charge in [0.15, 0.2) is 0 Å². The van der Waals surface area contributed by atoms with Crippen LogP contribution in [0.5, 0.6) is 5.75 Å². The van der Waals surface area contributed by atoms with Crippen molar-refractivity contribution in [2.24, 2.45) is 5.73 Å². The number of hydrogen-bond acceptors (Lipinski definition) is 2. The fourth-order valence-corrected chi connectivity index (χ4v) is 1.69. The van der Waals surface area contributed by atoms with Crippen molar-refractivity contribution in [3.8, 4) is 5.75 Å². The number of carbonyl (C=O) groups excluding carboxylic acids is 1. The maximum absolute atomic E-state index is 10.6. The molecule has 0 aliphatic rings. The molecule has 0 unspecified atom stereocenters. The van der Waals surface area contributed by atoms with Gasteiger partial charge in [0.05, 0.1) is 6.61 Å². The zero-order chi connectivity index (χ0) is 12.1. The van der Waals surface area contributed by atoms with Gasteiger partial charge in [-0.25, -0.2) is 0 Å². The summed E-state index contributed by atoms with van der Waals surface area (Å²) in [4.78, 5) is 10.6. The lowest BCUT2D eigenvalue weighted by atomic mass is 10.1. The summed E-state index contributed by atoms with van der Waals surface area (Å²) < 4.78 is 5.56. The van der Waals surface area contributed by atoms with Crippen LogP contribution in [0.15, 0.2) is 42.5 Å². The summed E-state index contributed by atoms with van der Waals surface area (Å²) in [6.07, 6.45) is 1.02. The van der Waals surface area contributed by atoms with E-state index in [4.69, 9.17) is 10.5 Å². The Bertz CT molecular complexity index is 522. The lowest BCUT2D eigenvalue weighted by Crippen LogP contribution is -2.11. The average molecular weight is 229 g/mol. The molecule has 0 fully saturated rings. The highest BCUT2D eigenvalue weighted by Crippen LogP contribution is 2.20. The molecule has 1 amide bonds. The number of rotatable bonds is 5. The molecule has 0 spiro atoms. The molecule has 0 aromatic heterocycles. The van der Waals surface area contributed by atoms with Gasteiger partial charge in [-0.05, 0) is 29.3 Å². The molecule has 3 heteroatoms. The van der Waals surface area contributed by atoms with Gasteiger partial charge in [0.1, 0.15) is 5.75 Å². The molecular formula is C14H15NO2. The second kappa shape index (κ2) is 5.34. The van der Waals surface area contributed by atoms with Crippen molar-refractivity contribution >= 4 is 16.7 Å². The van der Waals surface area contributed by atoms with Crippen molar-refractivity contribution in [3.05, 3.63) is 42.5 Å². The van der Waals surface area contributed by atoms with Gasteiger partial charge in [0, 0.05) is 6.42 Å². The summed E-state index contributed by atoms with van der Waals surface area (Å²) in [6.45, 7) is 0.515. The normalized spacial score (nSPS) is 10.4. The van der Waals surface area contributed by atoms with E-state index in [1.54, 1.807) is 0 Å². The molecular weight excluding hydrogens is 214 g/mol. The van der Waals surface area contributed by atoms with Gasteiger partial charge in [-0.3, -0.25) is 4.79 Å². The third-order valence-corrected chi connectivity index (χ3v) is 2.56. The maximum Gasteiger partial charge on any atom is 0.217 e. The van der Waals surface area contributed by atoms with E-state index >= 15 is 0 Å². The summed E-state index contributed by atoms with van der Waals surface area (Å²) in [5.41, 5.74) is 5.05. The lowest BCUT2D eigenvalue weighted by Gasteiger charge is -2.06. The highest BCUT2D eigenvalue weighted by Gasteiger charge is 1.98. The molecule has 2 aromatic rings. The van der Waals surface area contributed by atoms with Crippen LogP contribution in [0, 0.1) is 0 Å². The first-order chi connectivity index (χ1) is 8.25. The van der Waals surface area contributed by atoms with Crippen LogP contribution in [0.3, 0.4) is 0 Å². The molecule has 0 bridgehead atoms. The van der Waals surface area contributed by atoms with Crippen LogP contribution in [0.25, 0.3) is 10.8 Å². The fraction of sp³-hybridized carbons (Fsp3) is 0.214. The average Bonchev–Trinajstić information content (AvgIpc) is 2.34. The standard InChI is InChI=1S/C14H15NO2/c15-14(16)6-3-9-17-13-8-7-11-4-1-2-5-12(11)10-13/h1-2,4-5,7-8,10H,3,6,9H2,(H2,15,16). The monoisotopic (exact) mass is 229 g/mol. The molecule has 3 nitrogen and oxygen atoms in total. The molecule has 2 rings (SSSR count). The number of carbonyl (C=O) groups is 1. The molecule has 88 valence electrons. The molecule has 2 aromatic carbocycles. The molecule has 0 atom stereocenters. The highest BCUT2D eigenvalue weighted by atomic mass is 16.5. The second-order valence-corrected chi connectivity index (χ2v) is 3.93. The number of hydrogen-bond donors (Lipinski definition) is 1. The van der Waals surface area contributed by atoms with Gasteiger partial charge < -0.3 is 10.5 Å². The predicted molar refractivity (Wildman–Crippen MR) is 67.9 cm³/mol. The Kier molecular flexibility index (Phi) is 3.60. The number of primary amides is 1. The van der Waals surface area contributed by atoms with Gasteiger partial charge in [-0.15, -0.1) is 0 Å². The number of amides is 1. The summed E-state index contributed by atoms with van der Waals surface area (Å²) in [5.74, 6) is 0.542. The SMILES string of the molecule is NC(=O)CCCOc1ccc2ccccc2c1. The molecule has 0 radical (unpaired) electrons. The first-order valence-corrected chi connectivity index (χ1v) is 5.65. The van der Waals surface area contributed by atoms with E-state index in [9.17, 15) is 4.79 Å². The quantitative estimate of drug-likeness (QED) is 0.801. The first-order valence-electron chi connectivity index (χ1n) is 5.65. The summed E-state index contributed by atoms with van der Waals surface area (Å²) >= 11 is 0. The number of ether oxygens (including phenoxy) is 1. The van der Waals surface area contributed by atoms with E-state index in [0.717, 1.165) is 11.1 Å². The van der Waals surface area contributed by atoms with Gasteiger partial charge in [-0.2, -0.15) is 0 Å². The van der Waals surface area contributed by atoms with Crippen molar-refractivity contribution in [3.63, 3.8) is 0 Å². The lowest BCUT2D eigenvalue weighted by molar-refractivity contribution is -0.118. The Balaban J connectivity index is 1.97. The van der Waals surface area contributed by atoms with E-state index in [1.165, 1.54) is 5.39 Å². The van der Waals surface area contributed by atoms with Gasteiger partial charge in [0.25, 0.3) is 0 Å². The third kappa shape index (κ3) is 3.21. The summed E-state index contributed by atoms with van der Waals surface area (Å²) in [5, 5.41) is 2.34. The molecule has 2 N–H and O–H groups in total. The molecule has 0 aliphatic carbocycles. The molecule has 0 saturated carbocycles. The van der Waals surface area contributed by atoms with E-state index in [1.807, 2.05) is 36.4 Å². The zero-order valence-corrected chi connectivity index (χ0v) is 9.56. The highest BCUT2D eigenvalue weighted by molar-refractivity contribution is 5.83. The van der Waals surface area contributed by atoms with Crippen LogP contribution >= 0.6 is 0 Å². The third-order valence-electron chi connectivity index (χ3n) is 2.56. The fourth-order valence-electron chi connectivity index (χ4n) is 1.69. The first kappa shape index (κ1) is 11.5. The zero-order valence-electron chi connectivity index (χ0n) is 9.56. The molecule has 0 aliphatic heterocycles. The topological polar surface area (TPSA) is 52.3 Å². The Morgan fingerprint density at radius 2 is 1.88 bits per heavy atom. The smallest absolute Gasteiger partial charge is 0.217 e. The Labute approximate surface area is 100 Å². The van der Waals surface area contributed by atoms with Crippen LogP contribution in [0.2, 0.25) is 0 Å². The Morgan fingerprint density at radius 3 is 2.65 bits per heavy atom. The Morgan fingerprint density at radius 1 is 1.12 bits per heavy atom. The van der Waals surface area contributed by atoms with Crippen LogP contribution in [0.1, 0.15) is 12.8 Å². The van der Waals surface area contributed by atoms with Crippen LogP contribution in [-0.4, -0.2) is 12.5 Å². The molecule has 0 saturated heterocycles. The molecule has 17 heavy (non-hydrogen) atoms. The number of benzene rings is 2. The minimum absolute atomic E-state index is 0.285. The van der Waals surface area contributed by atoms with Crippen molar-refractivity contribution in [2.75, 3.05) is 6.61 Å². The predicted octanol–water partition coefficient (Wildman–Crippen LogP) is 2.48.